The summed E-state index contributed by atoms with van der Waals surface area (Å²) in [4.78, 5) is 0. The molecule has 0 aromatic heterocycles. The minimum absolute atomic E-state index is 0.00645. The summed E-state index contributed by atoms with van der Waals surface area (Å²) in [6.07, 6.45) is 1.07. The van der Waals surface area contributed by atoms with Crippen LogP contribution in [0.5, 0.6) is 0 Å². The Bertz CT molecular complexity index is 182. The quantitative estimate of drug-likeness (QED) is 0.541. The number of rotatable bonds is 4. The first-order chi connectivity index (χ1) is 6.02. The number of alkyl halides is 1. The Hall–Kier alpha value is 0.657. The second-order valence-corrected chi connectivity index (χ2v) is 11.6. The zero-order chi connectivity index (χ0) is 11.6. The average molecular weight is 281 g/mol. The van der Waals surface area contributed by atoms with E-state index < -0.39 is 8.32 Å². The van der Waals surface area contributed by atoms with Crippen LogP contribution in [-0.4, -0.2) is 19.2 Å². The van der Waals surface area contributed by atoms with E-state index in [1.165, 1.54) is 0 Å². The van der Waals surface area contributed by atoms with E-state index in [0.717, 1.165) is 11.8 Å². The molecule has 0 aromatic rings. The van der Waals surface area contributed by atoms with E-state index in [4.69, 9.17) is 4.43 Å². The zero-order valence-electron chi connectivity index (χ0n) is 10.7. The lowest BCUT2D eigenvalue weighted by molar-refractivity contribution is 0.0892. The van der Waals surface area contributed by atoms with Crippen molar-refractivity contribution < 1.29 is 4.43 Å². The van der Waals surface area contributed by atoms with Gasteiger partial charge in [0, 0.05) is 5.33 Å². The molecule has 0 rings (SSSR count). The average Bonchev–Trinajstić information content (AvgIpc) is 1.80. The molecule has 0 saturated carbocycles. The van der Waals surface area contributed by atoms with Crippen molar-refractivity contribution in [3.8, 4) is 0 Å². The Morgan fingerprint density at radius 3 is 1.79 bits per heavy atom. The molecule has 0 radical (unpaired) electrons. The van der Waals surface area contributed by atoms with E-state index in [9.17, 15) is 0 Å². The highest BCUT2D eigenvalue weighted by Crippen LogP contribution is 2.39. The molecule has 0 aliphatic rings. The molecule has 0 spiro atoms. The molecule has 0 atom stereocenters. The maximum Gasteiger partial charge on any atom is 0.192 e. The molecule has 0 N–H and O–H groups in total. The molecular formula is C11H25BrOSi. The van der Waals surface area contributed by atoms with Crippen molar-refractivity contribution in [2.24, 2.45) is 0 Å². The Morgan fingerprint density at radius 1 is 1.07 bits per heavy atom. The molecular weight excluding hydrogens is 256 g/mol. The van der Waals surface area contributed by atoms with Crippen LogP contribution in [0.2, 0.25) is 18.1 Å². The van der Waals surface area contributed by atoms with Crippen molar-refractivity contribution in [1.29, 1.82) is 0 Å². The van der Waals surface area contributed by atoms with Gasteiger partial charge in [-0.25, -0.2) is 0 Å². The van der Waals surface area contributed by atoms with Crippen LogP contribution in [0.25, 0.3) is 0 Å². The lowest BCUT2D eigenvalue weighted by Gasteiger charge is -2.42. The van der Waals surface area contributed by atoms with Gasteiger partial charge in [-0.15, -0.1) is 0 Å². The first kappa shape index (κ1) is 14.7. The van der Waals surface area contributed by atoms with E-state index in [2.05, 4.69) is 63.6 Å². The van der Waals surface area contributed by atoms with Crippen molar-refractivity contribution in [1.82, 2.24) is 0 Å². The van der Waals surface area contributed by atoms with Crippen molar-refractivity contribution >= 4 is 24.2 Å². The summed E-state index contributed by atoms with van der Waals surface area (Å²) in [5.41, 5.74) is 0.00645. The summed E-state index contributed by atoms with van der Waals surface area (Å²) in [7, 11) is -1.60. The fourth-order valence-electron chi connectivity index (χ4n) is 1.12. The predicted molar refractivity (Wildman–Crippen MR) is 70.8 cm³/mol. The summed E-state index contributed by atoms with van der Waals surface area (Å²) >= 11 is 3.48. The van der Waals surface area contributed by atoms with Crippen molar-refractivity contribution in [3.63, 3.8) is 0 Å². The molecule has 0 saturated heterocycles. The summed E-state index contributed by atoms with van der Waals surface area (Å²) in [6.45, 7) is 15.8. The molecule has 0 bridgehead atoms. The van der Waals surface area contributed by atoms with Gasteiger partial charge in [-0.3, -0.25) is 0 Å². The van der Waals surface area contributed by atoms with Crippen LogP contribution in [0.3, 0.4) is 0 Å². The lowest BCUT2D eigenvalue weighted by Crippen LogP contribution is -2.47. The van der Waals surface area contributed by atoms with E-state index in [-0.39, 0.29) is 5.60 Å². The largest absolute Gasteiger partial charge is 0.412 e. The molecule has 86 valence electrons. The standard InChI is InChI=1S/C11H25BrOSi/c1-10(2,3)14(6,7)13-11(4,5)8-9-12/h8-9H2,1-7H3. The van der Waals surface area contributed by atoms with Crippen LogP contribution in [0.1, 0.15) is 41.0 Å². The van der Waals surface area contributed by atoms with Gasteiger partial charge in [0.05, 0.1) is 5.60 Å². The highest BCUT2D eigenvalue weighted by Gasteiger charge is 2.40. The van der Waals surface area contributed by atoms with Crippen LogP contribution in [0.15, 0.2) is 0 Å². The van der Waals surface area contributed by atoms with Crippen molar-refractivity contribution in [2.75, 3.05) is 5.33 Å². The molecule has 0 unspecified atom stereocenters. The second kappa shape index (κ2) is 4.66. The minimum atomic E-state index is -1.60. The molecule has 3 heteroatoms. The smallest absolute Gasteiger partial charge is 0.192 e. The third-order valence-corrected chi connectivity index (χ3v) is 8.11. The first-order valence-electron chi connectivity index (χ1n) is 5.28. The fraction of sp³-hybridized carbons (Fsp3) is 1.00. The van der Waals surface area contributed by atoms with E-state index >= 15 is 0 Å². The fourth-order valence-corrected chi connectivity index (χ4v) is 3.87. The second-order valence-electron chi connectivity index (χ2n) is 6.06. The molecule has 14 heavy (non-hydrogen) atoms. The van der Waals surface area contributed by atoms with Gasteiger partial charge >= 0.3 is 0 Å². The Kier molecular flexibility index (Phi) is 4.88. The maximum absolute atomic E-state index is 6.34. The van der Waals surface area contributed by atoms with E-state index in [1.807, 2.05) is 0 Å². The zero-order valence-corrected chi connectivity index (χ0v) is 13.3. The summed E-state index contributed by atoms with van der Waals surface area (Å²) in [5.74, 6) is 0. The Morgan fingerprint density at radius 2 is 1.50 bits per heavy atom. The molecule has 1 nitrogen and oxygen atoms in total. The number of halogens is 1. The van der Waals surface area contributed by atoms with E-state index in [0.29, 0.717) is 5.04 Å². The van der Waals surface area contributed by atoms with Crippen molar-refractivity contribution in [3.05, 3.63) is 0 Å². The SMILES string of the molecule is CC(C)(CCBr)O[Si](C)(C)C(C)(C)C. The highest BCUT2D eigenvalue weighted by molar-refractivity contribution is 9.09. The van der Waals surface area contributed by atoms with Gasteiger partial charge in [-0.1, -0.05) is 36.7 Å². The van der Waals surface area contributed by atoms with Crippen LogP contribution < -0.4 is 0 Å². The normalized spacial score (nSPS) is 14.6. The summed E-state index contributed by atoms with van der Waals surface area (Å²) in [5, 5.41) is 1.31. The molecule has 0 aliphatic heterocycles. The van der Waals surface area contributed by atoms with Crippen LogP contribution >= 0.6 is 15.9 Å². The van der Waals surface area contributed by atoms with Gasteiger partial charge in [-0.2, -0.15) is 0 Å². The Balaban J connectivity index is 4.50. The maximum atomic E-state index is 6.34. The lowest BCUT2D eigenvalue weighted by atomic mass is 10.1. The molecule has 0 heterocycles. The molecule has 0 aliphatic carbocycles. The van der Waals surface area contributed by atoms with Crippen molar-refractivity contribution in [2.45, 2.75) is 64.8 Å². The van der Waals surface area contributed by atoms with Gasteiger partial charge in [0.25, 0.3) is 0 Å². The van der Waals surface area contributed by atoms with Crippen LogP contribution in [0.4, 0.5) is 0 Å². The highest BCUT2D eigenvalue weighted by atomic mass is 79.9. The van der Waals surface area contributed by atoms with E-state index in [1.54, 1.807) is 0 Å². The molecule has 0 fully saturated rings. The number of hydrogen-bond acceptors (Lipinski definition) is 1. The summed E-state index contributed by atoms with van der Waals surface area (Å²) < 4.78 is 6.34. The van der Waals surface area contributed by atoms with Gasteiger partial charge in [0.1, 0.15) is 0 Å². The third-order valence-electron chi connectivity index (χ3n) is 3.03. The van der Waals surface area contributed by atoms with Gasteiger partial charge in [0.2, 0.25) is 0 Å². The molecule has 0 aromatic carbocycles. The summed E-state index contributed by atoms with van der Waals surface area (Å²) in [6, 6.07) is 0. The first-order valence-corrected chi connectivity index (χ1v) is 9.31. The monoisotopic (exact) mass is 280 g/mol. The van der Waals surface area contributed by atoms with Crippen LogP contribution in [0, 0.1) is 0 Å². The molecule has 0 amide bonds. The van der Waals surface area contributed by atoms with Gasteiger partial charge in [-0.05, 0) is 38.4 Å². The third kappa shape index (κ3) is 4.45. The predicted octanol–water partition coefficient (Wildman–Crippen LogP) is 4.57. The van der Waals surface area contributed by atoms with Crippen LogP contribution in [-0.2, 0) is 4.43 Å². The number of hydrogen-bond donors (Lipinski definition) is 0. The topological polar surface area (TPSA) is 9.23 Å². The minimum Gasteiger partial charge on any atom is -0.412 e. The Labute approximate surface area is 98.9 Å². The van der Waals surface area contributed by atoms with Gasteiger partial charge < -0.3 is 4.43 Å². The van der Waals surface area contributed by atoms with Gasteiger partial charge in [0.15, 0.2) is 8.32 Å².